The molecule has 7 nitrogen and oxygen atoms in total. The molecule has 7 heteroatoms. The standard InChI is InChI=1S/C31H30N2O5/c1-15-4-5-16(2)25(10-15)32-14-18(12-26(32)34)31(37)38-19-6-9-24(17(3)11-19)33-29(35)27-20-7-8-21(23-13-22(20)23)28(27)30(33)36/h4-11,18,20-23,27-28H,12-14H2,1-3H3/t18-,20+,21+,22-,23+,27-,28-/m1/s1. The largest absolute Gasteiger partial charge is 0.426 e. The number of anilines is 2. The van der Waals surface area contributed by atoms with Gasteiger partial charge in [-0.05, 0) is 91.8 Å². The smallest absolute Gasteiger partial charge is 0.316 e. The van der Waals surface area contributed by atoms with Crippen LogP contribution in [-0.4, -0.2) is 30.2 Å². The van der Waals surface area contributed by atoms with Crippen LogP contribution in [0.15, 0.2) is 48.6 Å². The Morgan fingerprint density at radius 3 is 2.18 bits per heavy atom. The molecule has 0 unspecified atom stereocenters. The first kappa shape index (κ1) is 23.4. The van der Waals surface area contributed by atoms with Crippen LogP contribution in [0.3, 0.4) is 0 Å². The van der Waals surface area contributed by atoms with Crippen molar-refractivity contribution in [2.24, 2.45) is 41.4 Å². The Hall–Kier alpha value is -3.74. The van der Waals surface area contributed by atoms with E-state index in [2.05, 4.69) is 12.2 Å². The van der Waals surface area contributed by atoms with Crippen LogP contribution in [0.2, 0.25) is 0 Å². The fourth-order valence-electron chi connectivity index (χ4n) is 7.44. The van der Waals surface area contributed by atoms with Gasteiger partial charge in [0.05, 0.1) is 23.4 Å². The second kappa shape index (κ2) is 8.13. The number of nitrogens with zero attached hydrogens (tertiary/aromatic N) is 2. The maximum Gasteiger partial charge on any atom is 0.316 e. The second-order valence-electron chi connectivity index (χ2n) is 11.7. The van der Waals surface area contributed by atoms with Crippen LogP contribution in [0.4, 0.5) is 11.4 Å². The molecule has 0 aromatic heterocycles. The molecule has 3 amide bonds. The first-order chi connectivity index (χ1) is 18.2. The minimum atomic E-state index is -0.568. The predicted molar refractivity (Wildman–Crippen MR) is 140 cm³/mol. The van der Waals surface area contributed by atoms with Crippen molar-refractivity contribution in [2.45, 2.75) is 33.6 Å². The molecule has 7 atom stereocenters. The van der Waals surface area contributed by atoms with E-state index in [0.29, 0.717) is 28.8 Å². The number of carbonyl (C=O) groups is 4. The van der Waals surface area contributed by atoms with Crippen molar-refractivity contribution in [3.05, 3.63) is 65.2 Å². The third kappa shape index (κ3) is 3.33. The molecular weight excluding hydrogens is 480 g/mol. The fraction of sp³-hybridized carbons (Fsp3) is 0.419. The van der Waals surface area contributed by atoms with Crippen LogP contribution in [0, 0.1) is 62.2 Å². The van der Waals surface area contributed by atoms with E-state index in [1.54, 1.807) is 23.1 Å². The van der Waals surface area contributed by atoms with E-state index in [-0.39, 0.29) is 54.4 Å². The Kier molecular flexibility index (Phi) is 5.00. The van der Waals surface area contributed by atoms with Gasteiger partial charge in [0.25, 0.3) is 0 Å². The molecule has 8 rings (SSSR count). The number of esters is 1. The van der Waals surface area contributed by atoms with Crippen molar-refractivity contribution in [1.29, 1.82) is 0 Å². The van der Waals surface area contributed by atoms with Gasteiger partial charge in [0.1, 0.15) is 5.75 Å². The summed E-state index contributed by atoms with van der Waals surface area (Å²) in [5, 5.41) is 0. The van der Waals surface area contributed by atoms with Crippen LogP contribution in [0.25, 0.3) is 0 Å². The molecule has 2 aliphatic heterocycles. The first-order valence-corrected chi connectivity index (χ1v) is 13.5. The van der Waals surface area contributed by atoms with Crippen molar-refractivity contribution < 1.29 is 23.9 Å². The van der Waals surface area contributed by atoms with E-state index in [0.717, 1.165) is 23.2 Å². The highest BCUT2D eigenvalue weighted by Crippen LogP contribution is 2.65. The van der Waals surface area contributed by atoms with Crippen LogP contribution < -0.4 is 14.5 Å². The molecule has 2 bridgehead atoms. The lowest BCUT2D eigenvalue weighted by Crippen LogP contribution is -2.40. The number of hydrogen-bond acceptors (Lipinski definition) is 5. The van der Waals surface area contributed by atoms with Crippen molar-refractivity contribution in [1.82, 2.24) is 0 Å². The fourth-order valence-corrected chi connectivity index (χ4v) is 7.44. The maximum atomic E-state index is 13.5. The van der Waals surface area contributed by atoms with E-state index < -0.39 is 11.9 Å². The zero-order chi connectivity index (χ0) is 26.5. The van der Waals surface area contributed by atoms with Gasteiger partial charge in [-0.3, -0.25) is 19.2 Å². The van der Waals surface area contributed by atoms with Crippen molar-refractivity contribution in [3.8, 4) is 5.75 Å². The van der Waals surface area contributed by atoms with E-state index in [9.17, 15) is 19.2 Å². The lowest BCUT2D eigenvalue weighted by atomic mass is 9.63. The van der Waals surface area contributed by atoms with Gasteiger partial charge in [-0.15, -0.1) is 0 Å². The summed E-state index contributed by atoms with van der Waals surface area (Å²) in [4.78, 5) is 55.7. The van der Waals surface area contributed by atoms with Crippen molar-refractivity contribution in [3.63, 3.8) is 0 Å². The van der Waals surface area contributed by atoms with Crippen LogP contribution in [0.1, 0.15) is 29.5 Å². The highest BCUT2D eigenvalue weighted by atomic mass is 16.5. The summed E-state index contributed by atoms with van der Waals surface area (Å²) >= 11 is 0. The molecule has 38 heavy (non-hydrogen) atoms. The number of hydrogen-bond donors (Lipinski definition) is 0. The second-order valence-corrected chi connectivity index (χ2v) is 11.7. The average molecular weight is 511 g/mol. The number of ether oxygens (including phenoxy) is 1. The minimum Gasteiger partial charge on any atom is -0.426 e. The zero-order valence-electron chi connectivity index (χ0n) is 21.7. The van der Waals surface area contributed by atoms with Crippen molar-refractivity contribution >= 4 is 35.1 Å². The van der Waals surface area contributed by atoms with Gasteiger partial charge in [-0.1, -0.05) is 24.3 Å². The van der Waals surface area contributed by atoms with E-state index in [1.807, 2.05) is 39.0 Å². The van der Waals surface area contributed by atoms with Crippen LogP contribution in [0.5, 0.6) is 5.75 Å². The quantitative estimate of drug-likeness (QED) is 0.267. The summed E-state index contributed by atoms with van der Waals surface area (Å²) in [6.45, 7) is 6.02. The highest BCUT2D eigenvalue weighted by molar-refractivity contribution is 6.23. The number of aryl methyl sites for hydroxylation is 3. The summed E-state index contributed by atoms with van der Waals surface area (Å²) in [6, 6.07) is 11.0. The van der Waals surface area contributed by atoms with Gasteiger partial charge in [0, 0.05) is 18.7 Å². The Bertz CT molecular complexity index is 1420. The van der Waals surface area contributed by atoms with Crippen LogP contribution in [-0.2, 0) is 19.2 Å². The lowest BCUT2D eigenvalue weighted by Gasteiger charge is -2.37. The SMILES string of the molecule is Cc1ccc(C)c(N2C[C@H](C(=O)Oc3ccc(N4C(=O)[C@@H]5[C@H]6C=C[C@@H]([C@@H]7C[C@H]67)[C@H]5C4=O)c(C)c3)CC2=O)c1. The Morgan fingerprint density at radius 2 is 1.53 bits per heavy atom. The molecule has 0 radical (unpaired) electrons. The van der Waals surface area contributed by atoms with E-state index in [4.69, 9.17) is 4.74 Å². The molecule has 2 heterocycles. The number of imide groups is 1. The number of amides is 3. The van der Waals surface area contributed by atoms with E-state index in [1.165, 1.54) is 4.90 Å². The number of rotatable bonds is 4. The molecule has 4 fully saturated rings. The first-order valence-electron chi connectivity index (χ1n) is 13.5. The molecule has 0 N–H and O–H groups in total. The highest BCUT2D eigenvalue weighted by Gasteiger charge is 2.67. The molecule has 0 spiro atoms. The van der Waals surface area contributed by atoms with Crippen molar-refractivity contribution in [2.75, 3.05) is 16.3 Å². The molecule has 2 saturated heterocycles. The van der Waals surface area contributed by atoms with Gasteiger partial charge >= 0.3 is 5.97 Å². The van der Waals surface area contributed by atoms with Gasteiger partial charge in [-0.25, -0.2) is 4.90 Å². The maximum absolute atomic E-state index is 13.5. The molecular formula is C31H30N2O5. The third-order valence-corrected chi connectivity index (χ3v) is 9.40. The molecule has 4 aliphatic carbocycles. The van der Waals surface area contributed by atoms with Gasteiger partial charge in [-0.2, -0.15) is 0 Å². The number of benzene rings is 2. The van der Waals surface area contributed by atoms with E-state index >= 15 is 0 Å². The third-order valence-electron chi connectivity index (χ3n) is 9.40. The van der Waals surface area contributed by atoms with Gasteiger partial charge in [0.15, 0.2) is 0 Å². The van der Waals surface area contributed by atoms with Crippen LogP contribution >= 0.6 is 0 Å². The average Bonchev–Trinajstić information content (AvgIpc) is 3.57. The molecule has 2 aromatic rings. The zero-order valence-corrected chi connectivity index (χ0v) is 21.7. The van der Waals surface area contributed by atoms with Gasteiger partial charge in [0.2, 0.25) is 17.7 Å². The Morgan fingerprint density at radius 1 is 0.842 bits per heavy atom. The Balaban J connectivity index is 1.07. The molecule has 6 aliphatic rings. The van der Waals surface area contributed by atoms with Gasteiger partial charge < -0.3 is 9.64 Å². The monoisotopic (exact) mass is 510 g/mol. The summed E-state index contributed by atoms with van der Waals surface area (Å²) < 4.78 is 5.68. The normalized spacial score (nSPS) is 32.6. The minimum absolute atomic E-state index is 0.0965. The summed E-state index contributed by atoms with van der Waals surface area (Å²) in [6.07, 6.45) is 5.56. The summed E-state index contributed by atoms with van der Waals surface area (Å²) in [7, 11) is 0. The lowest BCUT2D eigenvalue weighted by molar-refractivity contribution is -0.139. The molecule has 2 saturated carbocycles. The number of carbonyl (C=O) groups excluding carboxylic acids is 4. The Labute approximate surface area is 221 Å². The predicted octanol–water partition coefficient (Wildman–Crippen LogP) is 4.13. The topological polar surface area (TPSA) is 84.0 Å². The molecule has 194 valence electrons. The number of allylic oxidation sites excluding steroid dienone is 2. The molecule has 2 aromatic carbocycles. The summed E-state index contributed by atoms with van der Waals surface area (Å²) in [5.74, 6) is -0.0322. The summed E-state index contributed by atoms with van der Waals surface area (Å²) in [5.41, 5.74) is 4.11.